The minimum Gasteiger partial charge on any atom is -0.462 e. The summed E-state index contributed by atoms with van der Waals surface area (Å²) in [4.78, 5) is 72.1. The molecule has 0 radical (unpaired) electrons. The molecule has 0 amide bonds. The Morgan fingerprint density at radius 2 is 0.545 bits per heavy atom. The van der Waals surface area contributed by atoms with Gasteiger partial charge < -0.3 is 33.8 Å². The molecule has 0 aromatic heterocycles. The summed E-state index contributed by atoms with van der Waals surface area (Å²) in [6.45, 7) is 7.14. The van der Waals surface area contributed by atoms with E-state index in [9.17, 15) is 43.2 Å². The summed E-state index contributed by atoms with van der Waals surface area (Å²) in [5.74, 6) is -1.36. The fourth-order valence-electron chi connectivity index (χ4n) is 10.4. The topological polar surface area (TPSA) is 237 Å². The van der Waals surface area contributed by atoms with Gasteiger partial charge in [-0.3, -0.25) is 37.3 Å². The highest BCUT2D eigenvalue weighted by Crippen LogP contribution is 2.45. The minimum absolute atomic E-state index is 0.106. The normalized spacial score (nSPS) is 14.4. The third kappa shape index (κ3) is 61.6. The third-order valence-corrected chi connectivity index (χ3v) is 18.3. The number of aliphatic hydroxyl groups excluding tert-OH is 1. The number of unbranched alkanes of at least 4 members (excludes halogenated alkanes) is 40. The van der Waals surface area contributed by atoms with Gasteiger partial charge in [-0.05, 0) is 31.6 Å². The molecular formula is C69H134O17P2. The second-order valence-corrected chi connectivity index (χ2v) is 28.1. The van der Waals surface area contributed by atoms with E-state index in [1.807, 2.05) is 0 Å². The van der Waals surface area contributed by atoms with Crippen LogP contribution < -0.4 is 0 Å². The molecule has 6 atom stereocenters. The van der Waals surface area contributed by atoms with Crippen molar-refractivity contribution in [2.75, 3.05) is 39.6 Å². The van der Waals surface area contributed by atoms with Gasteiger partial charge in [0.2, 0.25) is 0 Å². The molecule has 0 aromatic carbocycles. The molecule has 17 nitrogen and oxygen atoms in total. The van der Waals surface area contributed by atoms with Crippen LogP contribution >= 0.6 is 15.6 Å². The second kappa shape index (κ2) is 62.5. The van der Waals surface area contributed by atoms with Gasteiger partial charge in [0.25, 0.3) is 0 Å². The second-order valence-electron chi connectivity index (χ2n) is 25.2. The number of ether oxygens (including phenoxy) is 4. The van der Waals surface area contributed by atoms with Crippen LogP contribution in [0.25, 0.3) is 0 Å². The highest BCUT2D eigenvalue weighted by Gasteiger charge is 2.30. The summed E-state index contributed by atoms with van der Waals surface area (Å²) in [6.07, 6.45) is 49.1. The highest BCUT2D eigenvalue weighted by molar-refractivity contribution is 7.47. The van der Waals surface area contributed by atoms with Crippen molar-refractivity contribution in [1.29, 1.82) is 0 Å². The molecule has 0 heterocycles. The summed E-state index contributed by atoms with van der Waals surface area (Å²) in [5, 5.41) is 10.5. The molecule has 0 aliphatic heterocycles. The van der Waals surface area contributed by atoms with Gasteiger partial charge in [-0.1, -0.05) is 304 Å². The van der Waals surface area contributed by atoms with Crippen LogP contribution in [0.5, 0.6) is 0 Å². The van der Waals surface area contributed by atoms with E-state index in [0.29, 0.717) is 25.7 Å². The number of hydrogen-bond acceptors (Lipinski definition) is 15. The van der Waals surface area contributed by atoms with Gasteiger partial charge in [0.05, 0.1) is 26.4 Å². The van der Waals surface area contributed by atoms with E-state index in [-0.39, 0.29) is 25.7 Å². The van der Waals surface area contributed by atoms with Crippen molar-refractivity contribution in [1.82, 2.24) is 0 Å². The number of phosphoric acid groups is 2. The molecule has 0 bridgehead atoms. The number of carbonyl (C=O) groups is 4. The molecule has 0 aliphatic carbocycles. The lowest BCUT2D eigenvalue weighted by molar-refractivity contribution is -0.161. The lowest BCUT2D eigenvalue weighted by Gasteiger charge is -2.21. The molecule has 0 fully saturated rings. The number of aliphatic hydroxyl groups is 1. The van der Waals surface area contributed by atoms with E-state index in [1.165, 1.54) is 173 Å². The van der Waals surface area contributed by atoms with Gasteiger partial charge in [0, 0.05) is 25.7 Å². The van der Waals surface area contributed by atoms with Crippen molar-refractivity contribution in [2.45, 2.75) is 374 Å². The molecule has 3 N–H and O–H groups in total. The first-order chi connectivity index (χ1) is 42.6. The summed E-state index contributed by atoms with van der Waals surface area (Å²) < 4.78 is 68.0. The summed E-state index contributed by atoms with van der Waals surface area (Å²) >= 11 is 0. The van der Waals surface area contributed by atoms with Crippen LogP contribution in [-0.2, 0) is 65.4 Å². The van der Waals surface area contributed by atoms with Gasteiger partial charge in [0.1, 0.15) is 19.3 Å². The highest BCUT2D eigenvalue weighted by atomic mass is 31.2. The van der Waals surface area contributed by atoms with Gasteiger partial charge in [-0.25, -0.2) is 9.13 Å². The third-order valence-electron chi connectivity index (χ3n) is 16.4. The standard InChI is InChI=1S/C69H134O17P2/c1-6-10-13-16-18-20-22-23-24-25-26-27-28-29-30-31-32-34-40-45-50-55-69(74)86-65(59-80-67(72)53-48-43-38-36-35-37-42-46-51-62(5)9-4)61-84-88(77,78)82-57-63(70)56-81-87(75,76)83-60-64(58-79-66(71)52-47-41-15-12-8-3)85-68(73)54-49-44-39-33-21-19-17-14-11-7-2/h62-65,70H,6-61H2,1-5H3,(H,75,76)(H,77,78)/t62?,63-,64+,65+/m0/s1. The fraction of sp³-hybridized carbons (Fsp3) is 0.942. The molecule has 3 unspecified atom stereocenters. The maximum atomic E-state index is 13.0. The molecule has 0 saturated heterocycles. The number of esters is 4. The van der Waals surface area contributed by atoms with Crippen molar-refractivity contribution in [3.05, 3.63) is 0 Å². The average molecular weight is 1300 g/mol. The van der Waals surface area contributed by atoms with Crippen LogP contribution in [0.3, 0.4) is 0 Å². The molecule has 88 heavy (non-hydrogen) atoms. The van der Waals surface area contributed by atoms with Crippen LogP contribution in [0.2, 0.25) is 0 Å². The Bertz CT molecular complexity index is 1710. The van der Waals surface area contributed by atoms with Gasteiger partial charge in [-0.2, -0.15) is 0 Å². The Labute approximate surface area is 537 Å². The molecule has 0 aromatic rings. The van der Waals surface area contributed by atoms with Crippen molar-refractivity contribution in [2.24, 2.45) is 5.92 Å². The van der Waals surface area contributed by atoms with Crippen LogP contribution in [0.4, 0.5) is 0 Å². The first-order valence-corrected chi connectivity index (χ1v) is 39.2. The van der Waals surface area contributed by atoms with E-state index in [4.69, 9.17) is 37.0 Å². The lowest BCUT2D eigenvalue weighted by Crippen LogP contribution is -2.30. The van der Waals surface area contributed by atoms with Crippen LogP contribution in [-0.4, -0.2) is 96.7 Å². The van der Waals surface area contributed by atoms with E-state index in [0.717, 1.165) is 102 Å². The predicted octanol–water partition coefficient (Wildman–Crippen LogP) is 19.7. The number of carbonyl (C=O) groups excluding carboxylic acids is 4. The van der Waals surface area contributed by atoms with Crippen LogP contribution in [0.15, 0.2) is 0 Å². The molecule has 522 valence electrons. The quantitative estimate of drug-likeness (QED) is 0.0222. The monoisotopic (exact) mass is 1300 g/mol. The average Bonchev–Trinajstić information content (AvgIpc) is 3.59. The summed E-state index contributed by atoms with van der Waals surface area (Å²) in [6, 6.07) is 0. The Balaban J connectivity index is 5.10. The first-order valence-electron chi connectivity index (χ1n) is 36.2. The largest absolute Gasteiger partial charge is 0.472 e. The van der Waals surface area contributed by atoms with Gasteiger partial charge in [-0.15, -0.1) is 0 Å². The number of rotatable bonds is 69. The first kappa shape index (κ1) is 86.1. The van der Waals surface area contributed by atoms with Gasteiger partial charge in [0.15, 0.2) is 12.2 Å². The van der Waals surface area contributed by atoms with E-state index < -0.39 is 97.5 Å². The minimum atomic E-state index is -4.95. The molecular weight excluding hydrogens is 1160 g/mol. The Hall–Kier alpha value is -1.94. The maximum Gasteiger partial charge on any atom is 0.472 e. The maximum absolute atomic E-state index is 13.0. The van der Waals surface area contributed by atoms with Crippen molar-refractivity contribution < 1.29 is 80.2 Å². The fourth-order valence-corrected chi connectivity index (χ4v) is 12.0. The number of hydrogen-bond donors (Lipinski definition) is 3. The molecule has 0 spiro atoms. The zero-order chi connectivity index (χ0) is 64.9. The Morgan fingerprint density at radius 3 is 0.807 bits per heavy atom. The lowest BCUT2D eigenvalue weighted by atomic mass is 9.99. The van der Waals surface area contributed by atoms with E-state index in [2.05, 4.69) is 34.6 Å². The van der Waals surface area contributed by atoms with E-state index >= 15 is 0 Å². The summed E-state index contributed by atoms with van der Waals surface area (Å²) in [5.41, 5.74) is 0. The number of phosphoric ester groups is 2. The van der Waals surface area contributed by atoms with Crippen LogP contribution in [0, 0.1) is 5.92 Å². The van der Waals surface area contributed by atoms with Crippen molar-refractivity contribution in [3.63, 3.8) is 0 Å². The summed E-state index contributed by atoms with van der Waals surface area (Å²) in [7, 11) is -9.88. The van der Waals surface area contributed by atoms with Gasteiger partial charge >= 0.3 is 39.5 Å². The van der Waals surface area contributed by atoms with E-state index in [1.54, 1.807) is 0 Å². The van der Waals surface area contributed by atoms with Crippen molar-refractivity contribution in [3.8, 4) is 0 Å². The molecule has 19 heteroatoms. The van der Waals surface area contributed by atoms with Crippen molar-refractivity contribution >= 4 is 39.5 Å². The molecule has 0 aliphatic rings. The zero-order valence-corrected chi connectivity index (χ0v) is 58.6. The Morgan fingerprint density at radius 1 is 0.318 bits per heavy atom. The molecule has 0 rings (SSSR count). The Kier molecular flexibility index (Phi) is 61.1. The molecule has 0 saturated carbocycles. The predicted molar refractivity (Wildman–Crippen MR) is 354 cm³/mol. The van der Waals surface area contributed by atoms with Crippen LogP contribution in [0.1, 0.15) is 356 Å². The smallest absolute Gasteiger partial charge is 0.462 e. The zero-order valence-electron chi connectivity index (χ0n) is 56.9. The SMILES string of the molecule is CCCCCCCCCCCCCCCCCCCCCCCC(=O)O[C@H](COC(=O)CCCCCCCCCCC(C)CC)COP(=O)(O)OC[C@@H](O)COP(=O)(O)OC[C@@H](COC(=O)CCCCCCC)OC(=O)CCCCCCCCCCCC.